The van der Waals surface area contributed by atoms with Crippen LogP contribution in [0.3, 0.4) is 0 Å². The molecule has 1 aromatic carbocycles. The van der Waals surface area contributed by atoms with Crippen molar-refractivity contribution in [2.45, 2.75) is 32.2 Å². The highest BCUT2D eigenvalue weighted by Crippen LogP contribution is 2.33. The van der Waals surface area contributed by atoms with Crippen LogP contribution in [0, 0.1) is 6.92 Å². The molecule has 1 aliphatic heterocycles. The van der Waals surface area contributed by atoms with E-state index in [1.807, 2.05) is 0 Å². The van der Waals surface area contributed by atoms with Crippen LogP contribution >= 0.6 is 0 Å². The van der Waals surface area contributed by atoms with Gasteiger partial charge in [-0.3, -0.25) is 4.79 Å². The van der Waals surface area contributed by atoms with Gasteiger partial charge in [0.15, 0.2) is 5.82 Å². The Kier molecular flexibility index (Phi) is 4.07. The van der Waals surface area contributed by atoms with E-state index in [1.54, 1.807) is 24.0 Å². The zero-order valence-corrected chi connectivity index (χ0v) is 14.1. The largest absolute Gasteiger partial charge is 0.507 e. The third-order valence-corrected chi connectivity index (χ3v) is 4.42. The smallest absolute Gasteiger partial charge is 0.258 e. The molecule has 1 atom stereocenters. The topological polar surface area (TPSA) is 123 Å². The first-order valence-corrected chi connectivity index (χ1v) is 8.31. The zero-order valence-electron chi connectivity index (χ0n) is 14.1. The summed E-state index contributed by atoms with van der Waals surface area (Å²) < 4.78 is 6.68. The molecule has 0 saturated carbocycles. The highest BCUT2D eigenvalue weighted by atomic mass is 16.5. The van der Waals surface area contributed by atoms with Gasteiger partial charge in [-0.05, 0) is 48.7 Å². The van der Waals surface area contributed by atoms with Crippen molar-refractivity contribution in [2.24, 2.45) is 0 Å². The second-order valence-corrected chi connectivity index (χ2v) is 6.15. The van der Waals surface area contributed by atoms with Crippen molar-refractivity contribution in [3.05, 3.63) is 41.8 Å². The molecule has 0 aliphatic carbocycles. The molecule has 3 heterocycles. The van der Waals surface area contributed by atoms with E-state index in [2.05, 4.69) is 25.7 Å². The number of aryl methyl sites for hydroxylation is 1. The van der Waals surface area contributed by atoms with Crippen LogP contribution in [0.5, 0.6) is 5.75 Å². The quantitative estimate of drug-likeness (QED) is 0.748. The predicted octanol–water partition coefficient (Wildman–Crippen LogP) is 1.43. The Labute approximate surface area is 148 Å². The highest BCUT2D eigenvalue weighted by Gasteiger charge is 2.33. The molecular weight excluding hydrogens is 338 g/mol. The summed E-state index contributed by atoms with van der Waals surface area (Å²) in [4.78, 5) is 19.0. The minimum Gasteiger partial charge on any atom is -0.507 e. The van der Waals surface area contributed by atoms with Crippen molar-refractivity contribution in [3.63, 3.8) is 0 Å². The van der Waals surface area contributed by atoms with Crippen LogP contribution in [0.4, 0.5) is 0 Å². The average Bonchev–Trinajstić information content (AvgIpc) is 3.33. The van der Waals surface area contributed by atoms with E-state index in [0.717, 1.165) is 19.3 Å². The first kappa shape index (κ1) is 16.2. The van der Waals surface area contributed by atoms with E-state index < -0.39 is 0 Å². The van der Waals surface area contributed by atoms with E-state index in [-0.39, 0.29) is 23.3 Å². The van der Waals surface area contributed by atoms with Gasteiger partial charge in [0.2, 0.25) is 5.89 Å². The molecule has 0 radical (unpaired) electrons. The van der Waals surface area contributed by atoms with Gasteiger partial charge in [-0.25, -0.2) is 4.68 Å². The number of likely N-dealkylation sites (tertiary alicyclic amines) is 1. The Morgan fingerprint density at radius 3 is 2.92 bits per heavy atom. The van der Waals surface area contributed by atoms with E-state index in [1.165, 1.54) is 17.1 Å². The SMILES string of the molecule is Cc1noc([C@H]2CCCCN2C(=O)c2ccc(-n3cnnn3)cc2O)n1. The second-order valence-electron chi connectivity index (χ2n) is 6.15. The number of aromatic nitrogens is 6. The molecule has 10 heteroatoms. The molecule has 0 unspecified atom stereocenters. The normalized spacial score (nSPS) is 17.4. The summed E-state index contributed by atoms with van der Waals surface area (Å²) in [5, 5.41) is 25.1. The third kappa shape index (κ3) is 2.89. The Morgan fingerprint density at radius 2 is 2.23 bits per heavy atom. The molecule has 2 aromatic heterocycles. The van der Waals surface area contributed by atoms with Crippen LogP contribution < -0.4 is 0 Å². The van der Waals surface area contributed by atoms with Crippen molar-refractivity contribution < 1.29 is 14.4 Å². The fraction of sp³-hybridized carbons (Fsp3) is 0.375. The summed E-state index contributed by atoms with van der Waals surface area (Å²) in [6.07, 6.45) is 4.02. The predicted molar refractivity (Wildman–Crippen MR) is 87.5 cm³/mol. The van der Waals surface area contributed by atoms with Crippen molar-refractivity contribution in [1.29, 1.82) is 0 Å². The number of carbonyl (C=O) groups excluding carboxylic acids is 1. The Bertz CT molecular complexity index is 922. The molecule has 26 heavy (non-hydrogen) atoms. The van der Waals surface area contributed by atoms with Gasteiger partial charge in [-0.15, -0.1) is 5.10 Å². The molecule has 10 nitrogen and oxygen atoms in total. The molecule has 0 bridgehead atoms. The van der Waals surface area contributed by atoms with Crippen LogP contribution in [0.2, 0.25) is 0 Å². The number of benzene rings is 1. The van der Waals surface area contributed by atoms with Gasteiger partial charge >= 0.3 is 0 Å². The molecular formula is C16H17N7O3. The summed E-state index contributed by atoms with van der Waals surface area (Å²) >= 11 is 0. The number of nitrogens with zero attached hydrogens (tertiary/aromatic N) is 7. The van der Waals surface area contributed by atoms with Crippen molar-refractivity contribution in [1.82, 2.24) is 35.2 Å². The van der Waals surface area contributed by atoms with Crippen molar-refractivity contribution >= 4 is 5.91 Å². The molecule has 1 N–H and O–H groups in total. The highest BCUT2D eigenvalue weighted by molar-refractivity contribution is 5.97. The number of phenols is 1. The first-order valence-electron chi connectivity index (χ1n) is 8.31. The van der Waals surface area contributed by atoms with Gasteiger partial charge in [0.25, 0.3) is 5.91 Å². The van der Waals surface area contributed by atoms with E-state index >= 15 is 0 Å². The average molecular weight is 355 g/mol. The zero-order chi connectivity index (χ0) is 18.1. The van der Waals surface area contributed by atoms with Gasteiger partial charge in [0.05, 0.1) is 11.3 Å². The molecule has 4 rings (SSSR count). The Hall–Kier alpha value is -3.30. The summed E-state index contributed by atoms with van der Waals surface area (Å²) in [7, 11) is 0. The van der Waals surface area contributed by atoms with Gasteiger partial charge in [0.1, 0.15) is 18.1 Å². The van der Waals surface area contributed by atoms with Crippen LogP contribution in [-0.4, -0.2) is 52.8 Å². The van der Waals surface area contributed by atoms with Crippen molar-refractivity contribution in [2.75, 3.05) is 6.54 Å². The number of tetrazole rings is 1. The molecule has 1 aliphatic rings. The minimum absolute atomic E-state index is 0.131. The number of carbonyl (C=O) groups is 1. The van der Waals surface area contributed by atoms with E-state index in [4.69, 9.17) is 4.52 Å². The maximum atomic E-state index is 13.0. The van der Waals surface area contributed by atoms with Gasteiger partial charge in [-0.1, -0.05) is 5.16 Å². The molecule has 1 fully saturated rings. The summed E-state index contributed by atoms with van der Waals surface area (Å²) in [6.45, 7) is 2.31. The molecule has 134 valence electrons. The lowest BCUT2D eigenvalue weighted by Gasteiger charge is -2.33. The van der Waals surface area contributed by atoms with Crippen LogP contribution in [0.15, 0.2) is 29.0 Å². The number of hydrogen-bond donors (Lipinski definition) is 1. The van der Waals surface area contributed by atoms with Crippen LogP contribution in [0.1, 0.15) is 47.4 Å². The van der Waals surface area contributed by atoms with E-state index in [9.17, 15) is 9.90 Å². The lowest BCUT2D eigenvalue weighted by molar-refractivity contribution is 0.0558. The second kappa shape index (κ2) is 6.54. The van der Waals surface area contributed by atoms with Gasteiger partial charge in [0, 0.05) is 12.6 Å². The monoisotopic (exact) mass is 355 g/mol. The molecule has 0 spiro atoms. The third-order valence-electron chi connectivity index (χ3n) is 4.42. The Balaban J connectivity index is 1.63. The van der Waals surface area contributed by atoms with Gasteiger partial charge < -0.3 is 14.5 Å². The standard InChI is InChI=1S/C16H17N7O3/c1-10-18-15(26-19-10)13-4-2-3-7-22(13)16(25)12-6-5-11(8-14(12)24)23-9-17-20-21-23/h5-6,8-9,13,24H,2-4,7H2,1H3/t13-/m1/s1. The van der Waals surface area contributed by atoms with Crippen LogP contribution in [-0.2, 0) is 0 Å². The number of phenolic OH excluding ortho intramolecular Hbond substituents is 1. The Morgan fingerprint density at radius 1 is 1.35 bits per heavy atom. The number of hydrogen-bond acceptors (Lipinski definition) is 8. The van der Waals surface area contributed by atoms with Gasteiger partial charge in [-0.2, -0.15) is 4.98 Å². The molecule has 1 amide bonds. The number of piperidine rings is 1. The first-order chi connectivity index (χ1) is 12.6. The van der Waals surface area contributed by atoms with Crippen LogP contribution in [0.25, 0.3) is 5.69 Å². The number of amides is 1. The van der Waals surface area contributed by atoms with E-state index in [0.29, 0.717) is 23.9 Å². The molecule has 1 saturated heterocycles. The number of rotatable bonds is 3. The summed E-state index contributed by atoms with van der Waals surface area (Å²) in [5.74, 6) is 0.562. The minimum atomic E-state index is -0.281. The van der Waals surface area contributed by atoms with Crippen molar-refractivity contribution in [3.8, 4) is 11.4 Å². The maximum Gasteiger partial charge on any atom is 0.258 e. The summed E-state index contributed by atoms with van der Waals surface area (Å²) in [5.41, 5.74) is 0.775. The fourth-order valence-corrected chi connectivity index (χ4v) is 3.16. The number of aromatic hydroxyl groups is 1. The lowest BCUT2D eigenvalue weighted by atomic mass is 10.00. The fourth-order valence-electron chi connectivity index (χ4n) is 3.16. The maximum absolute atomic E-state index is 13.0. The summed E-state index contributed by atoms with van der Waals surface area (Å²) in [6, 6.07) is 4.42. The molecule has 3 aromatic rings. The lowest BCUT2D eigenvalue weighted by Crippen LogP contribution is -2.38.